The van der Waals surface area contributed by atoms with Gasteiger partial charge in [0, 0.05) is 17.8 Å². The fourth-order valence-corrected chi connectivity index (χ4v) is 2.78. The highest BCUT2D eigenvalue weighted by molar-refractivity contribution is 6.32. The zero-order valence-electron chi connectivity index (χ0n) is 15.1. The molecular formula is C19H21ClN2O4. The van der Waals surface area contributed by atoms with Crippen molar-refractivity contribution in [2.75, 3.05) is 24.9 Å². The molecule has 26 heavy (non-hydrogen) atoms. The van der Waals surface area contributed by atoms with Crippen LogP contribution in [-0.2, 0) is 9.59 Å². The summed E-state index contributed by atoms with van der Waals surface area (Å²) in [7, 11) is 2.93. The summed E-state index contributed by atoms with van der Waals surface area (Å²) in [5.74, 6) is -0.122. The fraction of sp³-hybridized carbons (Fsp3) is 0.263. The van der Waals surface area contributed by atoms with Gasteiger partial charge in [-0.25, -0.2) is 0 Å². The molecule has 6 nitrogen and oxygen atoms in total. The summed E-state index contributed by atoms with van der Waals surface area (Å²) < 4.78 is 10.3. The van der Waals surface area contributed by atoms with E-state index < -0.39 is 11.8 Å². The number of methoxy groups -OCH3 is 2. The molecule has 0 aliphatic carbocycles. The number of amides is 2. The van der Waals surface area contributed by atoms with Crippen molar-refractivity contribution >= 4 is 34.8 Å². The van der Waals surface area contributed by atoms with Gasteiger partial charge in [0.15, 0.2) is 0 Å². The highest BCUT2D eigenvalue weighted by atomic mass is 35.5. The summed E-state index contributed by atoms with van der Waals surface area (Å²) >= 11 is 6.04. The number of rotatable bonds is 6. The fourth-order valence-electron chi connectivity index (χ4n) is 2.55. The van der Waals surface area contributed by atoms with Gasteiger partial charge in [0.1, 0.15) is 17.9 Å². The van der Waals surface area contributed by atoms with Crippen LogP contribution in [0.15, 0.2) is 30.3 Å². The lowest BCUT2D eigenvalue weighted by Crippen LogP contribution is -2.21. The number of nitrogens with one attached hydrogen (secondary N) is 2. The van der Waals surface area contributed by atoms with Crippen molar-refractivity contribution in [2.45, 2.75) is 20.3 Å². The van der Waals surface area contributed by atoms with Gasteiger partial charge in [-0.2, -0.15) is 0 Å². The van der Waals surface area contributed by atoms with E-state index in [9.17, 15) is 9.59 Å². The zero-order valence-corrected chi connectivity index (χ0v) is 15.9. The maximum absolute atomic E-state index is 12.2. The first-order chi connectivity index (χ1) is 12.3. The maximum Gasteiger partial charge on any atom is 0.233 e. The van der Waals surface area contributed by atoms with Crippen molar-refractivity contribution in [1.82, 2.24) is 0 Å². The minimum absolute atomic E-state index is 0.332. The van der Waals surface area contributed by atoms with Crippen LogP contribution in [-0.4, -0.2) is 26.0 Å². The number of hydrogen-bond donors (Lipinski definition) is 2. The summed E-state index contributed by atoms with van der Waals surface area (Å²) in [6, 6.07) is 8.76. The number of carbonyl (C=O) groups excluding carboxylic acids is 2. The van der Waals surface area contributed by atoms with Crippen LogP contribution in [0.5, 0.6) is 11.5 Å². The van der Waals surface area contributed by atoms with Crippen molar-refractivity contribution in [2.24, 2.45) is 0 Å². The van der Waals surface area contributed by atoms with Gasteiger partial charge in [0.2, 0.25) is 11.8 Å². The second-order valence-corrected chi connectivity index (χ2v) is 6.24. The number of aryl methyl sites for hydroxylation is 2. The molecule has 0 unspecified atom stereocenters. The molecule has 0 saturated carbocycles. The number of ether oxygens (including phenoxy) is 2. The van der Waals surface area contributed by atoms with Gasteiger partial charge >= 0.3 is 0 Å². The topological polar surface area (TPSA) is 76.7 Å². The Balaban J connectivity index is 2.05. The molecule has 0 aliphatic heterocycles. The largest absolute Gasteiger partial charge is 0.495 e. The molecule has 0 spiro atoms. The molecule has 2 amide bonds. The lowest BCUT2D eigenvalue weighted by Gasteiger charge is -2.13. The van der Waals surface area contributed by atoms with E-state index in [1.807, 2.05) is 32.0 Å². The average molecular weight is 377 g/mol. The highest BCUT2D eigenvalue weighted by Gasteiger charge is 2.15. The quantitative estimate of drug-likeness (QED) is 0.748. The van der Waals surface area contributed by atoms with E-state index in [1.54, 1.807) is 6.07 Å². The van der Waals surface area contributed by atoms with Gasteiger partial charge in [-0.1, -0.05) is 17.7 Å². The molecule has 0 atom stereocenters. The minimum Gasteiger partial charge on any atom is -0.495 e. The van der Waals surface area contributed by atoms with E-state index in [0.717, 1.165) is 11.1 Å². The first-order valence-corrected chi connectivity index (χ1v) is 8.29. The Morgan fingerprint density at radius 2 is 1.46 bits per heavy atom. The lowest BCUT2D eigenvalue weighted by atomic mass is 10.1. The van der Waals surface area contributed by atoms with Crippen molar-refractivity contribution < 1.29 is 19.1 Å². The molecule has 0 heterocycles. The molecule has 0 radical (unpaired) electrons. The number of hydrogen-bond acceptors (Lipinski definition) is 4. The summed E-state index contributed by atoms with van der Waals surface area (Å²) in [5.41, 5.74) is 3.09. The zero-order chi connectivity index (χ0) is 19.3. The predicted molar refractivity (Wildman–Crippen MR) is 102 cm³/mol. The summed E-state index contributed by atoms with van der Waals surface area (Å²) in [5, 5.41) is 5.72. The summed E-state index contributed by atoms with van der Waals surface area (Å²) in [6.07, 6.45) is -0.332. The highest BCUT2D eigenvalue weighted by Crippen LogP contribution is 2.35. The molecule has 7 heteroatoms. The maximum atomic E-state index is 12.2. The number of benzene rings is 2. The van der Waals surface area contributed by atoms with Gasteiger partial charge in [-0.15, -0.1) is 0 Å². The first kappa shape index (κ1) is 19.6. The second kappa shape index (κ2) is 8.58. The van der Waals surface area contributed by atoms with Crippen LogP contribution >= 0.6 is 11.6 Å². The van der Waals surface area contributed by atoms with Gasteiger partial charge in [-0.05, 0) is 37.1 Å². The molecule has 2 N–H and O–H groups in total. The van der Waals surface area contributed by atoms with E-state index in [0.29, 0.717) is 27.9 Å². The smallest absolute Gasteiger partial charge is 0.233 e. The van der Waals surface area contributed by atoms with E-state index in [4.69, 9.17) is 21.1 Å². The van der Waals surface area contributed by atoms with Crippen LogP contribution < -0.4 is 20.1 Å². The normalized spacial score (nSPS) is 10.2. The molecular weight excluding hydrogens is 356 g/mol. The Hall–Kier alpha value is -2.73. The Morgan fingerprint density at radius 3 is 2.04 bits per heavy atom. The van der Waals surface area contributed by atoms with E-state index >= 15 is 0 Å². The van der Waals surface area contributed by atoms with Crippen LogP contribution in [0.25, 0.3) is 0 Å². The van der Waals surface area contributed by atoms with Crippen LogP contribution in [0.2, 0.25) is 5.02 Å². The van der Waals surface area contributed by atoms with Gasteiger partial charge in [-0.3, -0.25) is 9.59 Å². The molecule has 0 aromatic heterocycles. The third kappa shape index (κ3) is 5.13. The Morgan fingerprint density at radius 1 is 0.885 bits per heavy atom. The summed E-state index contributed by atoms with van der Waals surface area (Å²) in [4.78, 5) is 24.3. The predicted octanol–water partition coefficient (Wildman–Crippen LogP) is 3.94. The third-order valence-electron chi connectivity index (χ3n) is 3.57. The van der Waals surface area contributed by atoms with Gasteiger partial charge < -0.3 is 20.1 Å². The van der Waals surface area contributed by atoms with Crippen molar-refractivity contribution in [3.8, 4) is 11.5 Å². The van der Waals surface area contributed by atoms with E-state index in [-0.39, 0.29) is 6.42 Å². The molecule has 138 valence electrons. The molecule has 0 aliphatic rings. The van der Waals surface area contributed by atoms with Crippen LogP contribution in [0.1, 0.15) is 17.5 Å². The number of halogens is 1. The van der Waals surface area contributed by atoms with E-state index in [1.165, 1.54) is 20.3 Å². The Bertz CT molecular complexity index is 816. The Kier molecular flexibility index (Phi) is 6.46. The van der Waals surface area contributed by atoms with Crippen LogP contribution in [0.4, 0.5) is 11.4 Å². The first-order valence-electron chi connectivity index (χ1n) is 7.92. The van der Waals surface area contributed by atoms with Crippen molar-refractivity contribution in [3.63, 3.8) is 0 Å². The van der Waals surface area contributed by atoms with Crippen LogP contribution in [0, 0.1) is 13.8 Å². The summed E-state index contributed by atoms with van der Waals surface area (Å²) in [6.45, 7) is 3.88. The third-order valence-corrected chi connectivity index (χ3v) is 3.87. The SMILES string of the molecule is COc1cc(NC(=O)CC(=O)Nc2cc(C)cc(C)c2)c(OC)cc1Cl. The molecule has 0 bridgehead atoms. The van der Waals surface area contributed by atoms with Crippen molar-refractivity contribution in [3.05, 3.63) is 46.5 Å². The monoisotopic (exact) mass is 376 g/mol. The lowest BCUT2D eigenvalue weighted by molar-refractivity contribution is -0.123. The van der Waals surface area contributed by atoms with Gasteiger partial charge in [0.25, 0.3) is 0 Å². The molecule has 2 aromatic rings. The van der Waals surface area contributed by atoms with Crippen molar-refractivity contribution in [1.29, 1.82) is 0 Å². The molecule has 2 rings (SSSR count). The van der Waals surface area contributed by atoms with Crippen LogP contribution in [0.3, 0.4) is 0 Å². The minimum atomic E-state index is -0.477. The molecule has 0 saturated heterocycles. The standard InChI is InChI=1S/C19H21ClN2O4/c1-11-5-12(2)7-13(6-11)21-18(23)10-19(24)22-15-9-16(25-3)14(20)8-17(15)26-4/h5-9H,10H2,1-4H3,(H,21,23)(H,22,24). The number of anilines is 2. The molecule has 0 fully saturated rings. The van der Waals surface area contributed by atoms with Gasteiger partial charge in [0.05, 0.1) is 24.9 Å². The second-order valence-electron chi connectivity index (χ2n) is 5.84. The van der Waals surface area contributed by atoms with E-state index in [2.05, 4.69) is 10.6 Å². The average Bonchev–Trinajstić information content (AvgIpc) is 2.54. The molecule has 2 aromatic carbocycles. The Labute approximate surface area is 157 Å². The number of carbonyl (C=O) groups is 2.